The highest BCUT2D eigenvalue weighted by atomic mass is 35.5. The second-order valence-corrected chi connectivity index (χ2v) is 8.83. The molecular weight excluding hydrogens is 472 g/mol. The zero-order valence-electron chi connectivity index (χ0n) is 18.5. The van der Waals surface area contributed by atoms with Gasteiger partial charge in [-0.2, -0.15) is 0 Å². The number of benzene rings is 2. The molecule has 2 amide bonds. The van der Waals surface area contributed by atoms with E-state index < -0.39 is 0 Å². The summed E-state index contributed by atoms with van der Waals surface area (Å²) in [5, 5.41) is 7.02. The summed E-state index contributed by atoms with van der Waals surface area (Å²) in [6, 6.07) is 18.3. The average Bonchev–Trinajstić information content (AvgIpc) is 3.49. The maximum Gasteiger partial charge on any atom is 0.251 e. The van der Waals surface area contributed by atoms with E-state index >= 15 is 0 Å². The van der Waals surface area contributed by atoms with E-state index in [9.17, 15) is 9.59 Å². The van der Waals surface area contributed by atoms with Gasteiger partial charge in [-0.1, -0.05) is 41.6 Å². The topological polar surface area (TPSA) is 89.2 Å². The lowest BCUT2D eigenvalue weighted by Gasteiger charge is -2.10. The fourth-order valence-corrected chi connectivity index (χ4v) is 4.24. The third kappa shape index (κ3) is 6.09. The predicted molar refractivity (Wildman–Crippen MR) is 132 cm³/mol. The smallest absolute Gasteiger partial charge is 0.251 e. The van der Waals surface area contributed by atoms with Crippen molar-refractivity contribution in [3.8, 4) is 5.69 Å². The van der Waals surface area contributed by atoms with Crippen LogP contribution in [0.1, 0.15) is 27.4 Å². The first-order chi connectivity index (χ1) is 16.5. The Kier molecular flexibility index (Phi) is 7.72. The molecule has 0 atom stereocenters. The lowest BCUT2D eigenvalue weighted by Crippen LogP contribution is -2.24. The monoisotopic (exact) mass is 494 g/mol. The number of rotatable bonds is 9. The Labute approximate surface area is 206 Å². The van der Waals surface area contributed by atoms with Gasteiger partial charge in [0.15, 0.2) is 5.16 Å². The van der Waals surface area contributed by atoms with Crippen molar-refractivity contribution in [2.45, 2.75) is 25.2 Å². The van der Waals surface area contributed by atoms with E-state index in [0.29, 0.717) is 34.6 Å². The van der Waals surface area contributed by atoms with E-state index in [1.165, 1.54) is 11.8 Å². The van der Waals surface area contributed by atoms with Gasteiger partial charge in [0.05, 0.1) is 12.3 Å². The number of carbonyl (C=O) groups excluding carboxylic acids is 2. The summed E-state index contributed by atoms with van der Waals surface area (Å²) >= 11 is 7.46. The number of hydrogen-bond donors (Lipinski definition) is 2. The van der Waals surface area contributed by atoms with E-state index in [2.05, 4.69) is 15.6 Å². The SMILES string of the molecule is Cc1ccc(CNC(=O)c2ccc(-n3ccnc3SCC(=O)NCc3ccccc3Cl)cc2)o1. The fraction of sp³-hybridized carbons (Fsp3) is 0.160. The van der Waals surface area contributed by atoms with Crippen molar-refractivity contribution >= 4 is 35.2 Å². The molecular formula is C25H23ClN4O3S. The Morgan fingerprint density at radius 3 is 2.56 bits per heavy atom. The van der Waals surface area contributed by atoms with Gasteiger partial charge >= 0.3 is 0 Å². The fourth-order valence-electron chi connectivity index (χ4n) is 3.23. The molecule has 0 saturated heterocycles. The zero-order valence-corrected chi connectivity index (χ0v) is 20.0. The minimum absolute atomic E-state index is 0.113. The van der Waals surface area contributed by atoms with E-state index in [1.54, 1.807) is 24.4 Å². The minimum Gasteiger partial charge on any atom is -0.465 e. The van der Waals surface area contributed by atoms with Crippen molar-refractivity contribution in [2.24, 2.45) is 0 Å². The molecule has 7 nitrogen and oxygen atoms in total. The van der Waals surface area contributed by atoms with Crippen LogP contribution in [0.15, 0.2) is 82.6 Å². The van der Waals surface area contributed by atoms with Gasteiger partial charge in [-0.3, -0.25) is 14.2 Å². The third-order valence-electron chi connectivity index (χ3n) is 5.00. The molecule has 0 aliphatic heterocycles. The van der Waals surface area contributed by atoms with Crippen LogP contribution in [-0.2, 0) is 17.9 Å². The number of aromatic nitrogens is 2. The van der Waals surface area contributed by atoms with Gasteiger partial charge in [-0.25, -0.2) is 4.98 Å². The molecule has 2 heterocycles. The number of thioether (sulfide) groups is 1. The van der Waals surface area contributed by atoms with Crippen molar-refractivity contribution in [3.05, 3.63) is 101 Å². The van der Waals surface area contributed by atoms with E-state index in [0.717, 1.165) is 17.0 Å². The minimum atomic E-state index is -0.184. The van der Waals surface area contributed by atoms with Gasteiger partial charge in [0, 0.05) is 35.2 Å². The largest absolute Gasteiger partial charge is 0.465 e. The number of carbonyl (C=O) groups is 2. The van der Waals surface area contributed by atoms with Gasteiger partial charge in [-0.05, 0) is 55.0 Å². The third-order valence-corrected chi connectivity index (χ3v) is 6.34. The summed E-state index contributed by atoms with van der Waals surface area (Å²) in [5.41, 5.74) is 2.25. The average molecular weight is 495 g/mol. The van der Waals surface area contributed by atoms with Crippen LogP contribution < -0.4 is 10.6 Å². The quantitative estimate of drug-likeness (QED) is 0.327. The predicted octanol–water partition coefficient (Wildman–Crippen LogP) is 4.77. The number of amides is 2. The van der Waals surface area contributed by atoms with Crippen LogP contribution in [0, 0.1) is 6.92 Å². The van der Waals surface area contributed by atoms with Crippen LogP contribution in [0.3, 0.4) is 0 Å². The Balaban J connectivity index is 1.31. The van der Waals surface area contributed by atoms with E-state index in [1.807, 2.05) is 60.2 Å². The molecule has 0 radical (unpaired) electrons. The lowest BCUT2D eigenvalue weighted by molar-refractivity contribution is -0.118. The van der Waals surface area contributed by atoms with Crippen molar-refractivity contribution in [3.63, 3.8) is 0 Å². The molecule has 0 aliphatic rings. The normalized spacial score (nSPS) is 10.8. The Bertz CT molecular complexity index is 1280. The second kappa shape index (κ2) is 11.1. The lowest BCUT2D eigenvalue weighted by atomic mass is 10.2. The molecule has 2 N–H and O–H groups in total. The molecule has 174 valence electrons. The molecule has 34 heavy (non-hydrogen) atoms. The van der Waals surface area contributed by atoms with Gasteiger partial charge < -0.3 is 15.1 Å². The van der Waals surface area contributed by atoms with Crippen molar-refractivity contribution in [1.82, 2.24) is 20.2 Å². The molecule has 0 aliphatic carbocycles. The molecule has 4 rings (SSSR count). The number of furan rings is 1. The van der Waals surface area contributed by atoms with Crippen molar-refractivity contribution in [1.29, 1.82) is 0 Å². The molecule has 4 aromatic rings. The number of hydrogen-bond acceptors (Lipinski definition) is 5. The highest BCUT2D eigenvalue weighted by Gasteiger charge is 2.11. The first-order valence-corrected chi connectivity index (χ1v) is 12.0. The molecule has 0 bridgehead atoms. The molecule has 2 aromatic heterocycles. The zero-order chi connectivity index (χ0) is 23.9. The van der Waals surface area contributed by atoms with Crippen LogP contribution in [0.5, 0.6) is 0 Å². The maximum absolute atomic E-state index is 12.4. The number of aryl methyl sites for hydroxylation is 1. The van der Waals surface area contributed by atoms with Gasteiger partial charge in [0.2, 0.25) is 5.91 Å². The summed E-state index contributed by atoms with van der Waals surface area (Å²) in [4.78, 5) is 29.1. The highest BCUT2D eigenvalue weighted by Crippen LogP contribution is 2.21. The van der Waals surface area contributed by atoms with E-state index in [-0.39, 0.29) is 17.6 Å². The highest BCUT2D eigenvalue weighted by molar-refractivity contribution is 7.99. The summed E-state index contributed by atoms with van der Waals surface area (Å²) < 4.78 is 7.35. The van der Waals surface area contributed by atoms with Crippen molar-refractivity contribution in [2.75, 3.05) is 5.75 Å². The first-order valence-electron chi connectivity index (χ1n) is 10.6. The summed E-state index contributed by atoms with van der Waals surface area (Å²) in [5.74, 6) is 1.43. The van der Waals surface area contributed by atoms with E-state index in [4.69, 9.17) is 16.0 Å². The van der Waals surface area contributed by atoms with Crippen LogP contribution in [0.25, 0.3) is 5.69 Å². The standard InChI is InChI=1S/C25H23ClN4O3S/c1-17-6-11-21(33-17)15-29-24(32)18-7-9-20(10-8-18)30-13-12-27-25(30)34-16-23(31)28-14-19-4-2-3-5-22(19)26/h2-13H,14-16H2,1H3,(H,28,31)(H,29,32). The van der Waals surface area contributed by atoms with Crippen LogP contribution in [-0.4, -0.2) is 27.1 Å². The van der Waals surface area contributed by atoms with Crippen LogP contribution >= 0.6 is 23.4 Å². The molecule has 2 aromatic carbocycles. The number of nitrogens with one attached hydrogen (secondary N) is 2. The first kappa shape index (κ1) is 23.7. The Morgan fingerprint density at radius 1 is 1.03 bits per heavy atom. The molecule has 0 spiro atoms. The number of imidazole rings is 1. The molecule has 0 fully saturated rings. The van der Waals surface area contributed by atoms with Crippen molar-refractivity contribution < 1.29 is 14.0 Å². The van der Waals surface area contributed by atoms with Crippen LogP contribution in [0.4, 0.5) is 0 Å². The molecule has 9 heteroatoms. The van der Waals surface area contributed by atoms with Gasteiger partial charge in [0.1, 0.15) is 11.5 Å². The molecule has 0 saturated carbocycles. The summed E-state index contributed by atoms with van der Waals surface area (Å²) in [7, 11) is 0. The summed E-state index contributed by atoms with van der Waals surface area (Å²) in [6.07, 6.45) is 3.49. The van der Waals surface area contributed by atoms with Gasteiger partial charge in [-0.15, -0.1) is 0 Å². The second-order valence-electron chi connectivity index (χ2n) is 7.48. The van der Waals surface area contributed by atoms with Gasteiger partial charge in [0.25, 0.3) is 5.91 Å². The number of halogens is 1. The number of nitrogens with zero attached hydrogens (tertiary/aromatic N) is 2. The van der Waals surface area contributed by atoms with Crippen LogP contribution in [0.2, 0.25) is 5.02 Å². The Hall–Kier alpha value is -3.49. The maximum atomic E-state index is 12.4. The molecule has 0 unspecified atom stereocenters. The summed E-state index contributed by atoms with van der Waals surface area (Å²) in [6.45, 7) is 2.56. The Morgan fingerprint density at radius 2 is 1.82 bits per heavy atom.